The summed E-state index contributed by atoms with van der Waals surface area (Å²) in [7, 11) is -3.02. The Kier molecular flexibility index (Phi) is 10.9. The molecule has 5 rings (SSSR count). The molecule has 1 saturated heterocycles. The van der Waals surface area contributed by atoms with Crippen molar-refractivity contribution in [2.24, 2.45) is 5.92 Å². The van der Waals surface area contributed by atoms with E-state index in [0.29, 0.717) is 31.4 Å². The van der Waals surface area contributed by atoms with Gasteiger partial charge in [0.1, 0.15) is 6.23 Å². The summed E-state index contributed by atoms with van der Waals surface area (Å²) in [5, 5.41) is 11.8. The van der Waals surface area contributed by atoms with Crippen molar-refractivity contribution in [3.8, 4) is 0 Å². The van der Waals surface area contributed by atoms with E-state index in [1.807, 2.05) is 42.5 Å². The Balaban J connectivity index is 1.59. The average molecular weight is 643 g/mol. The van der Waals surface area contributed by atoms with Gasteiger partial charge in [0.05, 0.1) is 25.4 Å². The maximum Gasteiger partial charge on any atom is 0.330 e. The predicted octanol–water partition coefficient (Wildman–Crippen LogP) is 4.68. The van der Waals surface area contributed by atoms with Gasteiger partial charge < -0.3 is 19.0 Å². The summed E-state index contributed by atoms with van der Waals surface area (Å²) in [5.74, 6) is -0.0279. The number of rotatable bonds is 13. The highest BCUT2D eigenvalue weighted by atomic mass is 28.4. The van der Waals surface area contributed by atoms with Crippen molar-refractivity contribution in [1.82, 2.24) is 9.55 Å². The first-order valence-corrected chi connectivity index (χ1v) is 18.0. The summed E-state index contributed by atoms with van der Waals surface area (Å²) >= 11 is 0. The summed E-state index contributed by atoms with van der Waals surface area (Å²) in [6.45, 7) is 9.14. The standard InChI is InChI=1S/C37H46N2O6Si/c1-27-24-39(36(42)38-35(27)41)33-23-29(17-14-22-40)34(44-33)32(26-43-25-28-15-8-5-9-16-28)45-46(37(2,3)4,30-18-10-6-11-19-30)31-20-12-7-13-21-31/h5-13,15-16,18-21,24,29,32-34,40H,14,17,22-23,25-26H2,1-4H3,(H,38,41,42)/t29-,32?,33+,34-/m0/s1. The molecule has 3 aromatic carbocycles. The Morgan fingerprint density at radius 2 is 1.54 bits per heavy atom. The first kappa shape index (κ1) is 33.8. The molecule has 9 heteroatoms. The van der Waals surface area contributed by atoms with Gasteiger partial charge in [-0.15, -0.1) is 0 Å². The van der Waals surface area contributed by atoms with Crippen molar-refractivity contribution in [3.63, 3.8) is 0 Å². The van der Waals surface area contributed by atoms with Crippen LogP contribution in [-0.4, -0.2) is 48.4 Å². The number of ether oxygens (including phenoxy) is 2. The van der Waals surface area contributed by atoms with E-state index in [0.717, 1.165) is 15.9 Å². The number of nitrogens with zero attached hydrogens (tertiary/aromatic N) is 1. The third-order valence-corrected chi connectivity index (χ3v) is 14.0. The molecule has 0 spiro atoms. The summed E-state index contributed by atoms with van der Waals surface area (Å²) < 4.78 is 22.4. The zero-order chi connectivity index (χ0) is 32.7. The van der Waals surface area contributed by atoms with Crippen LogP contribution >= 0.6 is 0 Å². The highest BCUT2D eigenvalue weighted by Gasteiger charge is 2.54. The van der Waals surface area contributed by atoms with E-state index in [-0.39, 0.29) is 24.2 Å². The number of benzene rings is 3. The van der Waals surface area contributed by atoms with Gasteiger partial charge in [-0.3, -0.25) is 14.3 Å². The highest BCUT2D eigenvalue weighted by molar-refractivity contribution is 6.99. The van der Waals surface area contributed by atoms with Gasteiger partial charge in [-0.25, -0.2) is 4.79 Å². The van der Waals surface area contributed by atoms with Crippen LogP contribution in [0.1, 0.15) is 57.4 Å². The predicted molar refractivity (Wildman–Crippen MR) is 183 cm³/mol. The molecule has 1 fully saturated rings. The molecule has 2 N–H and O–H groups in total. The van der Waals surface area contributed by atoms with Crippen LogP contribution in [0, 0.1) is 12.8 Å². The van der Waals surface area contributed by atoms with Gasteiger partial charge in [0.2, 0.25) is 0 Å². The first-order chi connectivity index (χ1) is 22.1. The van der Waals surface area contributed by atoms with E-state index in [4.69, 9.17) is 13.9 Å². The molecule has 1 aromatic heterocycles. The molecule has 4 aromatic rings. The molecule has 1 aliphatic heterocycles. The molecule has 46 heavy (non-hydrogen) atoms. The molecule has 2 heterocycles. The molecule has 1 unspecified atom stereocenters. The monoisotopic (exact) mass is 642 g/mol. The average Bonchev–Trinajstić information content (AvgIpc) is 3.48. The zero-order valence-electron chi connectivity index (χ0n) is 27.2. The molecule has 0 amide bonds. The number of aromatic amines is 1. The molecule has 1 aliphatic rings. The van der Waals surface area contributed by atoms with Gasteiger partial charge in [-0.1, -0.05) is 112 Å². The lowest BCUT2D eigenvalue weighted by molar-refractivity contribution is -0.0910. The topological polar surface area (TPSA) is 103 Å². The molecule has 0 bridgehead atoms. The van der Waals surface area contributed by atoms with Gasteiger partial charge in [-0.05, 0) is 53.1 Å². The number of aryl methyl sites for hydroxylation is 1. The van der Waals surface area contributed by atoms with Crippen LogP contribution in [0.15, 0.2) is 107 Å². The number of aliphatic hydroxyl groups is 1. The van der Waals surface area contributed by atoms with Gasteiger partial charge in [0.25, 0.3) is 13.9 Å². The van der Waals surface area contributed by atoms with Crippen molar-refractivity contribution in [2.75, 3.05) is 13.2 Å². The molecule has 4 atom stereocenters. The largest absolute Gasteiger partial charge is 0.399 e. The van der Waals surface area contributed by atoms with E-state index in [1.54, 1.807) is 13.1 Å². The third kappa shape index (κ3) is 7.34. The summed E-state index contributed by atoms with van der Waals surface area (Å²) in [5.41, 5.74) is 0.579. The Morgan fingerprint density at radius 3 is 2.11 bits per heavy atom. The van der Waals surface area contributed by atoms with Crippen LogP contribution in [0.4, 0.5) is 0 Å². The first-order valence-electron chi connectivity index (χ1n) is 16.1. The minimum absolute atomic E-state index is 0.0279. The second-order valence-electron chi connectivity index (χ2n) is 13.2. The van der Waals surface area contributed by atoms with Crippen molar-refractivity contribution in [2.45, 2.75) is 77.0 Å². The van der Waals surface area contributed by atoms with Gasteiger partial charge in [-0.2, -0.15) is 0 Å². The Hall–Kier alpha value is -3.60. The van der Waals surface area contributed by atoms with E-state index >= 15 is 0 Å². The fraction of sp³-hybridized carbons (Fsp3) is 0.405. The second-order valence-corrected chi connectivity index (χ2v) is 17.5. The maximum atomic E-state index is 13.0. The molecule has 0 saturated carbocycles. The highest BCUT2D eigenvalue weighted by Crippen LogP contribution is 2.42. The van der Waals surface area contributed by atoms with Crippen molar-refractivity contribution in [1.29, 1.82) is 0 Å². The number of H-pyrrole nitrogens is 1. The lowest BCUT2D eigenvalue weighted by Crippen LogP contribution is -2.69. The van der Waals surface area contributed by atoms with Crippen molar-refractivity contribution < 1.29 is 19.0 Å². The third-order valence-electron chi connectivity index (χ3n) is 8.98. The molecule has 8 nitrogen and oxygen atoms in total. The van der Waals surface area contributed by atoms with Crippen LogP contribution in [-0.2, 0) is 20.5 Å². The van der Waals surface area contributed by atoms with Crippen LogP contribution in [0.2, 0.25) is 5.04 Å². The smallest absolute Gasteiger partial charge is 0.330 e. The van der Waals surface area contributed by atoms with Crippen LogP contribution in [0.25, 0.3) is 0 Å². The van der Waals surface area contributed by atoms with Crippen molar-refractivity contribution in [3.05, 3.63) is 129 Å². The number of aromatic nitrogens is 2. The molecular weight excluding hydrogens is 597 g/mol. The fourth-order valence-electron chi connectivity index (χ4n) is 6.73. The Morgan fingerprint density at radius 1 is 0.957 bits per heavy atom. The second kappa shape index (κ2) is 14.9. The Bertz CT molecular complexity index is 1610. The summed E-state index contributed by atoms with van der Waals surface area (Å²) in [6.07, 6.45) is 1.85. The number of hydrogen-bond acceptors (Lipinski definition) is 6. The van der Waals surface area contributed by atoms with Crippen LogP contribution in [0.3, 0.4) is 0 Å². The summed E-state index contributed by atoms with van der Waals surface area (Å²) in [6, 6.07) is 31.0. The van der Waals surface area contributed by atoms with Gasteiger partial charge in [0.15, 0.2) is 0 Å². The van der Waals surface area contributed by atoms with Crippen LogP contribution < -0.4 is 21.6 Å². The lowest BCUT2D eigenvalue weighted by atomic mass is 9.92. The normalized spacial score (nSPS) is 19.3. The van der Waals surface area contributed by atoms with E-state index in [9.17, 15) is 14.7 Å². The Labute approximate surface area is 272 Å². The van der Waals surface area contributed by atoms with Crippen LogP contribution in [0.5, 0.6) is 0 Å². The fourth-order valence-corrected chi connectivity index (χ4v) is 11.4. The maximum absolute atomic E-state index is 13.0. The zero-order valence-corrected chi connectivity index (χ0v) is 28.2. The van der Waals surface area contributed by atoms with E-state index < -0.39 is 38.0 Å². The lowest BCUT2D eigenvalue weighted by Gasteiger charge is -2.46. The summed E-state index contributed by atoms with van der Waals surface area (Å²) in [4.78, 5) is 27.6. The quantitative estimate of drug-likeness (QED) is 0.205. The minimum atomic E-state index is -3.02. The molecule has 244 valence electrons. The van der Waals surface area contributed by atoms with Gasteiger partial charge >= 0.3 is 5.69 Å². The minimum Gasteiger partial charge on any atom is -0.399 e. The van der Waals surface area contributed by atoms with E-state index in [2.05, 4.69) is 74.3 Å². The number of nitrogens with one attached hydrogen (secondary N) is 1. The number of hydrogen-bond donors (Lipinski definition) is 2. The van der Waals surface area contributed by atoms with Crippen molar-refractivity contribution >= 4 is 18.7 Å². The number of aliphatic hydroxyl groups excluding tert-OH is 1. The van der Waals surface area contributed by atoms with Gasteiger partial charge in [0, 0.05) is 18.4 Å². The molecule has 0 aliphatic carbocycles. The molecule has 0 radical (unpaired) electrons. The SMILES string of the molecule is Cc1cn([C@H]2C[C@H](CCCO)[C@@H](C(COCc3ccccc3)O[Si](c3ccccc3)(c3ccccc3)C(C)(C)C)O2)c(=O)[nH]c1=O. The van der Waals surface area contributed by atoms with E-state index in [1.165, 1.54) is 4.57 Å². The molecular formula is C37H46N2O6Si.